The van der Waals surface area contributed by atoms with Crippen LogP contribution in [0.1, 0.15) is 23.5 Å². The molecule has 30 heavy (non-hydrogen) atoms. The predicted molar refractivity (Wildman–Crippen MR) is 113 cm³/mol. The SMILES string of the molecule is O=C(NCCCCN1CCOCC1)c1nc(-c2cccs2)n(-c2cccc(F)c2)n1. The van der Waals surface area contributed by atoms with Gasteiger partial charge in [-0.2, -0.15) is 0 Å². The highest BCUT2D eigenvalue weighted by atomic mass is 32.1. The molecule has 1 N–H and O–H groups in total. The molecule has 0 bridgehead atoms. The lowest BCUT2D eigenvalue weighted by Crippen LogP contribution is -2.37. The third-order valence-corrected chi connectivity index (χ3v) is 5.76. The second kappa shape index (κ2) is 9.92. The van der Waals surface area contributed by atoms with Gasteiger partial charge in [0.05, 0.1) is 23.8 Å². The third-order valence-electron chi connectivity index (χ3n) is 4.89. The normalized spacial score (nSPS) is 14.7. The molecule has 0 unspecified atom stereocenters. The number of benzene rings is 1. The Morgan fingerprint density at radius 2 is 2.07 bits per heavy atom. The minimum Gasteiger partial charge on any atom is -0.379 e. The lowest BCUT2D eigenvalue weighted by Gasteiger charge is -2.26. The van der Waals surface area contributed by atoms with Crippen LogP contribution < -0.4 is 5.32 Å². The van der Waals surface area contributed by atoms with Gasteiger partial charge in [-0.25, -0.2) is 14.1 Å². The van der Waals surface area contributed by atoms with Crippen molar-refractivity contribution in [3.8, 4) is 16.4 Å². The molecule has 1 aliphatic heterocycles. The van der Waals surface area contributed by atoms with Gasteiger partial charge in [0, 0.05) is 19.6 Å². The largest absolute Gasteiger partial charge is 0.379 e. The van der Waals surface area contributed by atoms with E-state index in [1.54, 1.807) is 12.1 Å². The summed E-state index contributed by atoms with van der Waals surface area (Å²) < 4.78 is 20.6. The fraction of sp³-hybridized carbons (Fsp3) is 0.381. The quantitative estimate of drug-likeness (QED) is 0.558. The van der Waals surface area contributed by atoms with E-state index in [1.165, 1.54) is 28.2 Å². The summed E-state index contributed by atoms with van der Waals surface area (Å²) in [7, 11) is 0. The van der Waals surface area contributed by atoms with Crippen LogP contribution in [0.4, 0.5) is 4.39 Å². The van der Waals surface area contributed by atoms with Crippen molar-refractivity contribution in [3.63, 3.8) is 0 Å². The highest BCUT2D eigenvalue weighted by molar-refractivity contribution is 7.13. The molecule has 3 aromatic rings. The number of hydrogen-bond donors (Lipinski definition) is 1. The van der Waals surface area contributed by atoms with Gasteiger partial charge in [0.25, 0.3) is 5.91 Å². The smallest absolute Gasteiger partial charge is 0.290 e. The fourth-order valence-corrected chi connectivity index (χ4v) is 4.03. The Morgan fingerprint density at radius 3 is 2.83 bits per heavy atom. The van der Waals surface area contributed by atoms with Gasteiger partial charge in [-0.05, 0) is 49.0 Å². The molecule has 2 aromatic heterocycles. The Morgan fingerprint density at radius 1 is 1.20 bits per heavy atom. The number of nitrogens with one attached hydrogen (secondary N) is 1. The number of unbranched alkanes of at least 4 members (excludes halogenated alkanes) is 1. The van der Waals surface area contributed by atoms with Crippen molar-refractivity contribution in [2.45, 2.75) is 12.8 Å². The van der Waals surface area contributed by atoms with E-state index in [1.807, 2.05) is 17.5 Å². The van der Waals surface area contributed by atoms with Gasteiger partial charge in [-0.3, -0.25) is 9.69 Å². The lowest BCUT2D eigenvalue weighted by atomic mass is 10.2. The van der Waals surface area contributed by atoms with Gasteiger partial charge in [-0.1, -0.05) is 12.1 Å². The van der Waals surface area contributed by atoms with Crippen molar-refractivity contribution in [1.29, 1.82) is 0 Å². The van der Waals surface area contributed by atoms with Crippen LogP contribution in [0.15, 0.2) is 41.8 Å². The van der Waals surface area contributed by atoms with Gasteiger partial charge in [0.1, 0.15) is 5.82 Å². The van der Waals surface area contributed by atoms with Crippen molar-refractivity contribution in [2.24, 2.45) is 0 Å². The topological polar surface area (TPSA) is 72.3 Å². The average molecular weight is 430 g/mol. The Balaban J connectivity index is 1.39. The van der Waals surface area contributed by atoms with E-state index in [-0.39, 0.29) is 17.5 Å². The molecule has 3 heterocycles. The minimum absolute atomic E-state index is 0.0795. The molecule has 1 amide bonds. The molecule has 1 aliphatic rings. The van der Waals surface area contributed by atoms with E-state index in [9.17, 15) is 9.18 Å². The highest BCUT2D eigenvalue weighted by Gasteiger charge is 2.19. The van der Waals surface area contributed by atoms with Crippen molar-refractivity contribution in [2.75, 3.05) is 39.4 Å². The van der Waals surface area contributed by atoms with Crippen LogP contribution in [0.5, 0.6) is 0 Å². The molecular formula is C21H24FN5O2S. The molecule has 0 radical (unpaired) electrons. The first-order valence-corrected chi connectivity index (χ1v) is 10.9. The third kappa shape index (κ3) is 5.10. The molecule has 0 aliphatic carbocycles. The number of hydrogen-bond acceptors (Lipinski definition) is 6. The minimum atomic E-state index is -0.369. The van der Waals surface area contributed by atoms with E-state index in [2.05, 4.69) is 20.3 Å². The van der Waals surface area contributed by atoms with E-state index in [0.29, 0.717) is 18.1 Å². The van der Waals surface area contributed by atoms with Crippen LogP contribution in [0.25, 0.3) is 16.4 Å². The zero-order chi connectivity index (χ0) is 20.8. The average Bonchev–Trinajstić information content (AvgIpc) is 3.44. The fourth-order valence-electron chi connectivity index (χ4n) is 3.33. The highest BCUT2D eigenvalue weighted by Crippen LogP contribution is 2.25. The summed E-state index contributed by atoms with van der Waals surface area (Å²) in [6.45, 7) is 5.10. The number of halogens is 1. The number of rotatable bonds is 8. The standard InChI is InChI=1S/C21H24FN5O2S/c22-16-5-3-6-17(15-16)27-20(18-7-4-14-30-18)24-19(25-27)21(28)23-8-1-2-9-26-10-12-29-13-11-26/h3-7,14-15H,1-2,8-13H2,(H,23,28). The van der Waals surface area contributed by atoms with Gasteiger partial charge < -0.3 is 10.1 Å². The Bertz CT molecular complexity index is 970. The molecular weight excluding hydrogens is 405 g/mol. The molecule has 0 saturated carbocycles. The molecule has 9 heteroatoms. The Kier molecular flexibility index (Phi) is 6.83. The summed E-state index contributed by atoms with van der Waals surface area (Å²) in [4.78, 5) is 20.3. The van der Waals surface area contributed by atoms with Gasteiger partial charge in [0.2, 0.25) is 5.82 Å². The summed E-state index contributed by atoms with van der Waals surface area (Å²) in [5.74, 6) is -0.0929. The van der Waals surface area contributed by atoms with Crippen LogP contribution in [-0.4, -0.2) is 65.0 Å². The molecule has 7 nitrogen and oxygen atoms in total. The van der Waals surface area contributed by atoms with Crippen molar-refractivity contribution >= 4 is 17.2 Å². The predicted octanol–water partition coefficient (Wildman–Crippen LogP) is 2.98. The van der Waals surface area contributed by atoms with Crippen LogP contribution in [-0.2, 0) is 4.74 Å². The van der Waals surface area contributed by atoms with Crippen LogP contribution >= 0.6 is 11.3 Å². The maximum Gasteiger partial charge on any atom is 0.290 e. The zero-order valence-corrected chi connectivity index (χ0v) is 17.4. The lowest BCUT2D eigenvalue weighted by molar-refractivity contribution is 0.0372. The second-order valence-electron chi connectivity index (χ2n) is 7.05. The van der Waals surface area contributed by atoms with E-state index in [0.717, 1.165) is 50.6 Å². The number of aromatic nitrogens is 3. The summed E-state index contributed by atoms with van der Waals surface area (Å²) in [6.07, 6.45) is 1.89. The molecule has 0 atom stereocenters. The van der Waals surface area contributed by atoms with E-state index >= 15 is 0 Å². The van der Waals surface area contributed by atoms with Crippen LogP contribution in [0.2, 0.25) is 0 Å². The van der Waals surface area contributed by atoms with E-state index in [4.69, 9.17) is 4.74 Å². The molecule has 1 aromatic carbocycles. The van der Waals surface area contributed by atoms with Crippen molar-refractivity contribution in [3.05, 3.63) is 53.4 Å². The molecule has 158 valence electrons. The molecule has 0 spiro atoms. The zero-order valence-electron chi connectivity index (χ0n) is 16.6. The maximum absolute atomic E-state index is 13.7. The van der Waals surface area contributed by atoms with Crippen molar-refractivity contribution in [1.82, 2.24) is 25.0 Å². The monoisotopic (exact) mass is 429 g/mol. The number of thiophene rings is 1. The van der Waals surface area contributed by atoms with Crippen LogP contribution in [0, 0.1) is 5.82 Å². The number of carbonyl (C=O) groups is 1. The molecule has 1 saturated heterocycles. The summed E-state index contributed by atoms with van der Waals surface area (Å²) in [5, 5.41) is 9.18. The number of nitrogens with zero attached hydrogens (tertiary/aromatic N) is 4. The van der Waals surface area contributed by atoms with E-state index < -0.39 is 0 Å². The first-order valence-electron chi connectivity index (χ1n) is 10.1. The first-order chi connectivity index (χ1) is 14.7. The summed E-state index contributed by atoms with van der Waals surface area (Å²) in [6, 6.07) is 9.90. The van der Waals surface area contributed by atoms with Gasteiger partial charge in [-0.15, -0.1) is 16.4 Å². The van der Waals surface area contributed by atoms with Crippen molar-refractivity contribution < 1.29 is 13.9 Å². The number of carbonyl (C=O) groups excluding carboxylic acids is 1. The first kappa shape index (κ1) is 20.6. The second-order valence-corrected chi connectivity index (χ2v) is 7.99. The molecule has 1 fully saturated rings. The number of amides is 1. The summed E-state index contributed by atoms with van der Waals surface area (Å²) in [5.41, 5.74) is 0.524. The number of morpholine rings is 1. The van der Waals surface area contributed by atoms with Crippen LogP contribution in [0.3, 0.4) is 0 Å². The number of ether oxygens (including phenoxy) is 1. The Labute approximate surface area is 178 Å². The van der Waals surface area contributed by atoms with Gasteiger partial charge in [0.15, 0.2) is 5.82 Å². The summed E-state index contributed by atoms with van der Waals surface area (Å²) >= 11 is 1.49. The maximum atomic E-state index is 13.7. The Hall–Kier alpha value is -2.62. The van der Waals surface area contributed by atoms with Gasteiger partial charge >= 0.3 is 0 Å². The molecule has 4 rings (SSSR count).